The first-order chi connectivity index (χ1) is 8.57. The Morgan fingerprint density at radius 3 is 2.28 bits per heavy atom. The van der Waals surface area contributed by atoms with Gasteiger partial charge in [0.05, 0.1) is 5.75 Å². The molecular formula is C13H28N2O2S. The summed E-state index contributed by atoms with van der Waals surface area (Å²) in [5, 5.41) is 0. The third-order valence-electron chi connectivity index (χ3n) is 4.00. The van der Waals surface area contributed by atoms with E-state index < -0.39 is 10.0 Å². The van der Waals surface area contributed by atoms with Crippen LogP contribution in [-0.2, 0) is 10.0 Å². The van der Waals surface area contributed by atoms with Crippen molar-refractivity contribution < 1.29 is 8.42 Å². The first-order valence-corrected chi connectivity index (χ1v) is 8.90. The lowest BCUT2D eigenvalue weighted by molar-refractivity contribution is 0.270. The first-order valence-electron chi connectivity index (χ1n) is 7.24. The number of hydrogen-bond donors (Lipinski definition) is 2. The predicted octanol–water partition coefficient (Wildman–Crippen LogP) is 1.86. The second-order valence-electron chi connectivity index (χ2n) is 5.46. The summed E-state index contributed by atoms with van der Waals surface area (Å²) < 4.78 is 26.2. The Morgan fingerprint density at radius 2 is 1.72 bits per heavy atom. The van der Waals surface area contributed by atoms with Crippen molar-refractivity contribution in [3.63, 3.8) is 0 Å². The summed E-state index contributed by atoms with van der Waals surface area (Å²) in [6.45, 7) is 3.43. The minimum atomic E-state index is -3.08. The van der Waals surface area contributed by atoms with Crippen molar-refractivity contribution in [1.29, 1.82) is 0 Å². The highest BCUT2D eigenvalue weighted by Crippen LogP contribution is 2.30. The van der Waals surface area contributed by atoms with E-state index in [1.807, 2.05) is 0 Å². The maximum absolute atomic E-state index is 11.7. The van der Waals surface area contributed by atoms with Crippen LogP contribution in [0, 0.1) is 11.8 Å². The van der Waals surface area contributed by atoms with E-state index in [0.717, 1.165) is 12.3 Å². The summed E-state index contributed by atoms with van der Waals surface area (Å²) >= 11 is 0. The predicted molar refractivity (Wildman–Crippen MR) is 75.8 cm³/mol. The van der Waals surface area contributed by atoms with Gasteiger partial charge in [0.25, 0.3) is 0 Å². The van der Waals surface area contributed by atoms with E-state index in [4.69, 9.17) is 5.73 Å². The molecule has 0 bridgehead atoms. The van der Waals surface area contributed by atoms with E-state index in [1.54, 1.807) is 0 Å². The second-order valence-corrected chi connectivity index (χ2v) is 7.38. The van der Waals surface area contributed by atoms with Crippen LogP contribution in [0.25, 0.3) is 0 Å². The van der Waals surface area contributed by atoms with Gasteiger partial charge in [-0.15, -0.1) is 0 Å². The molecule has 0 radical (unpaired) electrons. The van der Waals surface area contributed by atoms with Gasteiger partial charge < -0.3 is 5.73 Å². The molecule has 0 aromatic heterocycles. The topological polar surface area (TPSA) is 72.2 Å². The monoisotopic (exact) mass is 276 g/mol. The van der Waals surface area contributed by atoms with E-state index in [-0.39, 0.29) is 5.75 Å². The third kappa shape index (κ3) is 6.16. The van der Waals surface area contributed by atoms with Crippen LogP contribution in [0.2, 0.25) is 0 Å². The van der Waals surface area contributed by atoms with Crippen LogP contribution in [0.15, 0.2) is 0 Å². The lowest BCUT2D eigenvalue weighted by Crippen LogP contribution is -2.33. The van der Waals surface area contributed by atoms with Crippen LogP contribution in [0.1, 0.15) is 51.9 Å². The quantitative estimate of drug-likeness (QED) is 0.665. The summed E-state index contributed by atoms with van der Waals surface area (Å²) in [5.41, 5.74) is 5.36. The van der Waals surface area contributed by atoms with Gasteiger partial charge in [-0.1, -0.05) is 26.2 Å². The summed E-state index contributed by atoms with van der Waals surface area (Å²) in [6.07, 6.45) is 7.56. The smallest absolute Gasteiger partial charge is 0.211 e. The van der Waals surface area contributed by atoms with Gasteiger partial charge in [-0.3, -0.25) is 0 Å². The molecule has 1 fully saturated rings. The van der Waals surface area contributed by atoms with Gasteiger partial charge in [0, 0.05) is 6.54 Å². The molecule has 108 valence electrons. The van der Waals surface area contributed by atoms with Gasteiger partial charge in [-0.25, -0.2) is 13.1 Å². The molecule has 1 aliphatic carbocycles. The molecule has 5 heteroatoms. The van der Waals surface area contributed by atoms with Crippen molar-refractivity contribution in [3.8, 4) is 0 Å². The zero-order valence-electron chi connectivity index (χ0n) is 11.5. The molecule has 18 heavy (non-hydrogen) atoms. The van der Waals surface area contributed by atoms with Gasteiger partial charge >= 0.3 is 0 Å². The van der Waals surface area contributed by atoms with Crippen LogP contribution in [0.4, 0.5) is 0 Å². The maximum Gasteiger partial charge on any atom is 0.211 e. The molecule has 0 spiro atoms. The van der Waals surface area contributed by atoms with E-state index in [9.17, 15) is 8.42 Å². The molecule has 1 saturated carbocycles. The molecule has 0 saturated heterocycles. The molecule has 0 amide bonds. The van der Waals surface area contributed by atoms with Gasteiger partial charge in [0.1, 0.15) is 0 Å². The molecule has 4 nitrogen and oxygen atoms in total. The van der Waals surface area contributed by atoms with Crippen molar-refractivity contribution in [2.45, 2.75) is 51.9 Å². The molecule has 1 aliphatic rings. The maximum atomic E-state index is 11.7. The number of hydrogen-bond acceptors (Lipinski definition) is 3. The fourth-order valence-corrected chi connectivity index (χ4v) is 3.82. The van der Waals surface area contributed by atoms with Crippen LogP contribution in [0.3, 0.4) is 0 Å². The number of rotatable bonds is 8. The molecule has 0 aromatic rings. The lowest BCUT2D eigenvalue weighted by atomic mass is 9.81. The van der Waals surface area contributed by atoms with Crippen LogP contribution in [-0.4, -0.2) is 27.3 Å². The van der Waals surface area contributed by atoms with Crippen LogP contribution in [0.5, 0.6) is 0 Å². The van der Waals surface area contributed by atoms with Gasteiger partial charge in [-0.05, 0) is 44.1 Å². The molecule has 0 atom stereocenters. The minimum Gasteiger partial charge on any atom is -0.330 e. The summed E-state index contributed by atoms with van der Waals surface area (Å²) in [4.78, 5) is 0. The largest absolute Gasteiger partial charge is 0.330 e. The summed E-state index contributed by atoms with van der Waals surface area (Å²) in [5.74, 6) is 1.62. The zero-order valence-corrected chi connectivity index (χ0v) is 12.3. The molecule has 0 aromatic carbocycles. The summed E-state index contributed by atoms with van der Waals surface area (Å²) in [7, 11) is -3.08. The Hall–Kier alpha value is -0.130. The average molecular weight is 276 g/mol. The fraction of sp³-hybridized carbons (Fsp3) is 1.00. The number of nitrogens with one attached hydrogen (secondary N) is 1. The normalized spacial score (nSPS) is 25.2. The van der Waals surface area contributed by atoms with Crippen molar-refractivity contribution >= 4 is 10.0 Å². The fourth-order valence-electron chi connectivity index (χ4n) is 2.60. The van der Waals surface area contributed by atoms with Crippen molar-refractivity contribution in [1.82, 2.24) is 4.72 Å². The van der Waals surface area contributed by atoms with Crippen molar-refractivity contribution in [3.05, 3.63) is 0 Å². The van der Waals surface area contributed by atoms with Crippen molar-refractivity contribution in [2.75, 3.05) is 18.8 Å². The third-order valence-corrected chi connectivity index (χ3v) is 5.44. The van der Waals surface area contributed by atoms with E-state index in [2.05, 4.69) is 11.6 Å². The van der Waals surface area contributed by atoms with Crippen LogP contribution >= 0.6 is 0 Å². The summed E-state index contributed by atoms with van der Waals surface area (Å²) in [6, 6.07) is 0. The minimum absolute atomic E-state index is 0.217. The molecule has 1 rings (SSSR count). The Morgan fingerprint density at radius 1 is 1.11 bits per heavy atom. The Bertz CT molecular complexity index is 309. The Labute approximate surface area is 112 Å². The standard InChI is InChI=1S/C13H28N2O2S/c1-2-12-5-7-13(8-6-12)11-15-18(16,17)10-4-3-9-14/h12-13,15H,2-11,14H2,1H3. The van der Waals surface area contributed by atoms with Crippen molar-refractivity contribution in [2.24, 2.45) is 17.6 Å². The lowest BCUT2D eigenvalue weighted by Gasteiger charge is -2.27. The molecule has 0 aliphatic heterocycles. The second kappa shape index (κ2) is 8.12. The van der Waals surface area contributed by atoms with Crippen LogP contribution < -0.4 is 10.5 Å². The van der Waals surface area contributed by atoms with Gasteiger partial charge in [0.15, 0.2) is 0 Å². The SMILES string of the molecule is CCC1CCC(CNS(=O)(=O)CCCCN)CC1. The first kappa shape index (κ1) is 15.9. The zero-order chi connectivity index (χ0) is 13.4. The highest BCUT2D eigenvalue weighted by Gasteiger charge is 2.21. The van der Waals surface area contributed by atoms with Gasteiger partial charge in [-0.2, -0.15) is 0 Å². The molecular weight excluding hydrogens is 248 g/mol. The molecule has 3 N–H and O–H groups in total. The van der Waals surface area contributed by atoms with E-state index in [1.165, 1.54) is 32.1 Å². The van der Waals surface area contributed by atoms with E-state index >= 15 is 0 Å². The highest BCUT2D eigenvalue weighted by atomic mass is 32.2. The average Bonchev–Trinajstić information content (AvgIpc) is 2.37. The molecule has 0 heterocycles. The number of unbranched alkanes of at least 4 members (excludes halogenated alkanes) is 1. The van der Waals surface area contributed by atoms with Gasteiger partial charge in [0.2, 0.25) is 10.0 Å². The molecule has 0 unspecified atom stereocenters. The number of sulfonamides is 1. The van der Waals surface area contributed by atoms with E-state index in [0.29, 0.717) is 25.4 Å². The Kier molecular flexibility index (Phi) is 7.19. The highest BCUT2D eigenvalue weighted by molar-refractivity contribution is 7.89. The number of nitrogens with two attached hydrogens (primary N) is 1. The Balaban J connectivity index is 2.20.